The number of nitrogens with one attached hydrogen (secondary N) is 1. The molecule has 254 valence electrons. The van der Waals surface area contributed by atoms with Crippen LogP contribution >= 0.6 is 0 Å². The summed E-state index contributed by atoms with van der Waals surface area (Å²) in [5, 5.41) is 24.7. The third kappa shape index (κ3) is 5.31. The van der Waals surface area contributed by atoms with E-state index in [4.69, 9.17) is 14.2 Å². The Morgan fingerprint density at radius 3 is 2.42 bits per heavy atom. The van der Waals surface area contributed by atoms with Crippen molar-refractivity contribution in [2.24, 2.45) is 28.6 Å². The summed E-state index contributed by atoms with van der Waals surface area (Å²) in [5.41, 5.74) is 2.63. The molecule has 3 saturated carbocycles. The summed E-state index contributed by atoms with van der Waals surface area (Å²) in [6.07, 6.45) is 6.60. The van der Waals surface area contributed by atoms with Crippen LogP contribution in [0.15, 0.2) is 72.3 Å². The van der Waals surface area contributed by atoms with E-state index in [2.05, 4.69) is 24.4 Å². The van der Waals surface area contributed by atoms with Crippen LogP contribution < -0.4 is 5.32 Å². The molecule has 1 amide bonds. The fourth-order valence-electron chi connectivity index (χ4n) is 9.94. The topological polar surface area (TPSA) is 131 Å². The molecule has 9 nitrogen and oxygen atoms in total. The van der Waals surface area contributed by atoms with Crippen LogP contribution in [0.25, 0.3) is 0 Å². The lowest BCUT2D eigenvalue weighted by Gasteiger charge is -2.59. The molecule has 1 heterocycles. The smallest absolute Gasteiger partial charge is 0.218 e. The van der Waals surface area contributed by atoms with Gasteiger partial charge in [0, 0.05) is 29.2 Å². The summed E-state index contributed by atoms with van der Waals surface area (Å²) in [6, 6.07) is 16.2. The molecule has 9 atom stereocenters. The summed E-state index contributed by atoms with van der Waals surface area (Å²) in [4.78, 5) is 37.0. The molecule has 4 aliphatic carbocycles. The minimum absolute atomic E-state index is 0.00293. The third-order valence-corrected chi connectivity index (χ3v) is 12.2. The zero-order chi connectivity index (χ0) is 33.8. The maximum absolute atomic E-state index is 13.8. The van der Waals surface area contributed by atoms with Gasteiger partial charge >= 0.3 is 0 Å². The zero-order valence-electron chi connectivity index (χ0n) is 27.8. The van der Waals surface area contributed by atoms with Crippen molar-refractivity contribution in [2.75, 3.05) is 13.3 Å². The Hall–Kier alpha value is -3.47. The first-order valence-corrected chi connectivity index (χ1v) is 17.1. The summed E-state index contributed by atoms with van der Waals surface area (Å²) in [5.74, 6) is -0.439. The second kappa shape index (κ2) is 12.4. The van der Waals surface area contributed by atoms with E-state index < -0.39 is 47.3 Å². The SMILES string of the molecule is CC(=O)NCOCc1ccc(Cc2ccc([C@@H]3O[C@@H]4C[C@H]5[C@@H]6CCC7=CC(=O)C=C[C@]7(C)[C@H]6[C@@H](O)C[C@]5(C)[C@]4(C(=O)CO)O3)cc2)cc1. The van der Waals surface area contributed by atoms with Crippen molar-refractivity contribution in [3.05, 3.63) is 94.6 Å². The summed E-state index contributed by atoms with van der Waals surface area (Å²) in [6.45, 7) is 5.56. The number of Topliss-reactive ketones (excluding diaryl/α,β-unsaturated/α-hetero) is 1. The van der Waals surface area contributed by atoms with Gasteiger partial charge in [-0.3, -0.25) is 14.4 Å². The summed E-state index contributed by atoms with van der Waals surface area (Å²) in [7, 11) is 0. The number of amides is 1. The summed E-state index contributed by atoms with van der Waals surface area (Å²) >= 11 is 0. The van der Waals surface area contributed by atoms with E-state index in [0.29, 0.717) is 19.4 Å². The monoisotopic (exact) mass is 655 g/mol. The van der Waals surface area contributed by atoms with E-state index in [1.807, 2.05) is 49.4 Å². The van der Waals surface area contributed by atoms with Crippen LogP contribution in [0.3, 0.4) is 0 Å². The molecular formula is C39H45NO8. The van der Waals surface area contributed by atoms with Gasteiger partial charge in [-0.2, -0.15) is 0 Å². The lowest BCUT2D eigenvalue weighted by Crippen LogP contribution is -2.63. The highest BCUT2D eigenvalue weighted by molar-refractivity contribution is 6.01. The number of allylic oxidation sites excluding steroid dienone is 4. The van der Waals surface area contributed by atoms with E-state index in [-0.39, 0.29) is 36.2 Å². The highest BCUT2D eigenvalue weighted by Crippen LogP contribution is 2.70. The number of hydrogen-bond acceptors (Lipinski definition) is 8. The van der Waals surface area contributed by atoms with Crippen molar-refractivity contribution in [1.29, 1.82) is 0 Å². The molecule has 0 aromatic heterocycles. The highest BCUT2D eigenvalue weighted by Gasteiger charge is 2.75. The molecule has 1 saturated heterocycles. The molecule has 2 aromatic rings. The quantitative estimate of drug-likeness (QED) is 0.266. The van der Waals surface area contributed by atoms with E-state index in [9.17, 15) is 24.6 Å². The fourth-order valence-corrected chi connectivity index (χ4v) is 9.94. The second-order valence-corrected chi connectivity index (χ2v) is 14.8. The molecule has 0 spiro atoms. The molecule has 3 N–H and O–H groups in total. The van der Waals surface area contributed by atoms with E-state index >= 15 is 0 Å². The maximum Gasteiger partial charge on any atom is 0.218 e. The Bertz CT molecular complexity index is 1650. The number of carbonyl (C=O) groups excluding carboxylic acids is 3. The number of carbonyl (C=O) groups is 3. The lowest BCUT2D eigenvalue weighted by atomic mass is 9.46. The Kier molecular flexibility index (Phi) is 8.57. The Morgan fingerprint density at radius 2 is 1.73 bits per heavy atom. The molecular weight excluding hydrogens is 610 g/mol. The van der Waals surface area contributed by atoms with Crippen molar-refractivity contribution in [2.45, 2.75) is 83.6 Å². The molecule has 9 heteroatoms. The van der Waals surface area contributed by atoms with Gasteiger partial charge in [-0.1, -0.05) is 74.0 Å². The van der Waals surface area contributed by atoms with Gasteiger partial charge < -0.3 is 29.7 Å². The van der Waals surface area contributed by atoms with Crippen molar-refractivity contribution in [3.8, 4) is 0 Å². The first-order chi connectivity index (χ1) is 23.0. The van der Waals surface area contributed by atoms with Crippen LogP contribution in [-0.4, -0.2) is 58.8 Å². The normalized spacial score (nSPS) is 36.4. The largest absolute Gasteiger partial charge is 0.393 e. The van der Waals surface area contributed by atoms with Crippen LogP contribution in [0.5, 0.6) is 0 Å². The van der Waals surface area contributed by atoms with Gasteiger partial charge in [-0.25, -0.2) is 0 Å². The van der Waals surface area contributed by atoms with E-state index in [1.165, 1.54) is 6.92 Å². The maximum atomic E-state index is 13.8. The van der Waals surface area contributed by atoms with Crippen LogP contribution in [0.2, 0.25) is 0 Å². The zero-order valence-corrected chi connectivity index (χ0v) is 27.8. The number of ketones is 2. The predicted molar refractivity (Wildman–Crippen MR) is 176 cm³/mol. The van der Waals surface area contributed by atoms with E-state index in [0.717, 1.165) is 47.1 Å². The first kappa shape index (κ1) is 33.0. The minimum Gasteiger partial charge on any atom is -0.393 e. The van der Waals surface area contributed by atoms with Crippen molar-refractivity contribution >= 4 is 17.5 Å². The van der Waals surface area contributed by atoms with E-state index in [1.54, 1.807) is 12.2 Å². The number of aliphatic hydroxyl groups excluding tert-OH is 2. The standard InChI is InChI=1S/C39H45NO8/c1-23(42)40-22-46-21-26-6-4-24(5-7-26)16-25-8-10-27(11-9-25)36-47-34-18-31-30-13-12-28-17-29(43)14-15-37(28,2)35(30)32(44)19-38(31,3)39(34,48-36)33(45)20-41/h4-11,14-15,17,30-32,34-36,41,44H,12-13,16,18-22H2,1-3H3,(H,40,42)/t30-,31-,32-,34+,35+,36+,37-,38-,39+/m0/s1. The average molecular weight is 656 g/mol. The van der Waals surface area contributed by atoms with Crippen LogP contribution in [0, 0.1) is 28.6 Å². The van der Waals surface area contributed by atoms with Gasteiger partial charge in [0.2, 0.25) is 5.91 Å². The fraction of sp³-hybridized carbons (Fsp3) is 0.513. The van der Waals surface area contributed by atoms with Crippen LogP contribution in [-0.2, 0) is 41.6 Å². The number of rotatable bonds is 9. The van der Waals surface area contributed by atoms with Crippen LogP contribution in [0.4, 0.5) is 0 Å². The number of aliphatic hydroxyl groups is 2. The van der Waals surface area contributed by atoms with Gasteiger partial charge in [0.25, 0.3) is 0 Å². The van der Waals surface area contributed by atoms with Crippen molar-refractivity contribution in [1.82, 2.24) is 5.32 Å². The Balaban J connectivity index is 1.07. The Morgan fingerprint density at radius 1 is 1.04 bits per heavy atom. The molecule has 0 bridgehead atoms. The molecule has 48 heavy (non-hydrogen) atoms. The molecule has 5 aliphatic rings. The van der Waals surface area contributed by atoms with Crippen molar-refractivity contribution < 1.29 is 38.8 Å². The molecule has 0 radical (unpaired) electrons. The molecule has 7 rings (SSSR count). The second-order valence-electron chi connectivity index (χ2n) is 14.8. The summed E-state index contributed by atoms with van der Waals surface area (Å²) < 4.78 is 18.8. The number of benzene rings is 2. The molecule has 1 aliphatic heterocycles. The predicted octanol–water partition coefficient (Wildman–Crippen LogP) is 4.49. The van der Waals surface area contributed by atoms with Gasteiger partial charge in [0.15, 0.2) is 23.5 Å². The number of hydrogen-bond donors (Lipinski definition) is 3. The van der Waals surface area contributed by atoms with Crippen molar-refractivity contribution in [3.63, 3.8) is 0 Å². The molecule has 4 fully saturated rings. The van der Waals surface area contributed by atoms with Gasteiger partial charge in [-0.15, -0.1) is 0 Å². The first-order valence-electron chi connectivity index (χ1n) is 17.1. The molecule has 2 aromatic carbocycles. The number of fused-ring (bicyclic) bond motifs is 7. The number of ether oxygens (including phenoxy) is 3. The highest BCUT2D eigenvalue weighted by atomic mass is 16.7. The van der Waals surface area contributed by atoms with Crippen LogP contribution in [0.1, 0.15) is 75.0 Å². The van der Waals surface area contributed by atoms with Gasteiger partial charge in [-0.05, 0) is 72.8 Å². The van der Waals surface area contributed by atoms with Gasteiger partial charge in [0.1, 0.15) is 13.3 Å². The third-order valence-electron chi connectivity index (χ3n) is 12.2. The Labute approximate surface area is 281 Å². The average Bonchev–Trinajstić information content (AvgIpc) is 3.57. The van der Waals surface area contributed by atoms with Gasteiger partial charge in [0.05, 0.1) is 18.8 Å². The molecule has 0 unspecified atom stereocenters. The lowest BCUT2D eigenvalue weighted by molar-refractivity contribution is -0.201. The minimum atomic E-state index is -1.37.